The normalized spacial score (nSPS) is 23.6. The minimum Gasteiger partial charge on any atom is -0.464 e. The largest absolute Gasteiger partial charge is 0.464 e. The van der Waals surface area contributed by atoms with Crippen molar-refractivity contribution in [3.8, 4) is 0 Å². The smallest absolute Gasteiger partial charge is 0.338 e. The van der Waals surface area contributed by atoms with Gasteiger partial charge in [0.05, 0.1) is 6.61 Å². The molecular formula is C11H11ClO3. The lowest BCUT2D eigenvalue weighted by Crippen LogP contribution is -2.11. The highest BCUT2D eigenvalue weighted by Gasteiger charge is 2.47. The van der Waals surface area contributed by atoms with Crippen molar-refractivity contribution >= 4 is 17.6 Å². The topological polar surface area (TPSA) is 38.8 Å². The van der Waals surface area contributed by atoms with Crippen LogP contribution in [0.1, 0.15) is 18.6 Å². The van der Waals surface area contributed by atoms with Gasteiger partial charge < -0.3 is 9.47 Å². The molecule has 1 fully saturated rings. The second-order valence-electron chi connectivity index (χ2n) is 3.28. The second kappa shape index (κ2) is 4.21. The van der Waals surface area contributed by atoms with Gasteiger partial charge in [-0.3, -0.25) is 0 Å². The number of carbonyl (C=O) groups excluding carboxylic acids is 1. The van der Waals surface area contributed by atoms with Gasteiger partial charge in [-0.1, -0.05) is 23.7 Å². The van der Waals surface area contributed by atoms with E-state index in [4.69, 9.17) is 21.1 Å². The molecule has 0 N–H and O–H groups in total. The van der Waals surface area contributed by atoms with Crippen LogP contribution in [0.4, 0.5) is 0 Å². The lowest BCUT2D eigenvalue weighted by atomic mass is 10.1. The highest BCUT2D eigenvalue weighted by Crippen LogP contribution is 2.39. The van der Waals surface area contributed by atoms with E-state index < -0.39 is 6.10 Å². The zero-order valence-corrected chi connectivity index (χ0v) is 9.03. The van der Waals surface area contributed by atoms with Crippen molar-refractivity contribution in [3.05, 3.63) is 34.9 Å². The molecule has 0 saturated carbocycles. The molecule has 1 aromatic rings. The fourth-order valence-electron chi connectivity index (χ4n) is 1.45. The standard InChI is InChI=1S/C11H11ClO3/c1-2-14-11(13)10-9(15-10)7-4-3-5-8(12)6-7/h3-6,9-10H,2H2,1H3. The Bertz CT molecular complexity index is 378. The summed E-state index contributed by atoms with van der Waals surface area (Å²) < 4.78 is 10.1. The third kappa shape index (κ3) is 2.30. The molecule has 80 valence electrons. The van der Waals surface area contributed by atoms with Crippen molar-refractivity contribution in [1.82, 2.24) is 0 Å². The molecule has 2 unspecified atom stereocenters. The molecule has 2 atom stereocenters. The van der Waals surface area contributed by atoms with Crippen LogP contribution in [0.3, 0.4) is 0 Å². The fraction of sp³-hybridized carbons (Fsp3) is 0.364. The summed E-state index contributed by atoms with van der Waals surface area (Å²) in [5, 5.41) is 0.644. The Morgan fingerprint density at radius 2 is 2.40 bits per heavy atom. The van der Waals surface area contributed by atoms with Crippen LogP contribution < -0.4 is 0 Å². The van der Waals surface area contributed by atoms with E-state index >= 15 is 0 Å². The predicted octanol–water partition coefficient (Wildman–Crippen LogP) is 2.34. The Kier molecular flexibility index (Phi) is 2.93. The van der Waals surface area contributed by atoms with Gasteiger partial charge in [0.1, 0.15) is 6.10 Å². The van der Waals surface area contributed by atoms with Crippen molar-refractivity contribution < 1.29 is 14.3 Å². The molecular weight excluding hydrogens is 216 g/mol. The van der Waals surface area contributed by atoms with E-state index in [1.165, 1.54) is 0 Å². The third-order valence-electron chi connectivity index (χ3n) is 2.19. The van der Waals surface area contributed by atoms with Crippen LogP contribution in [0.5, 0.6) is 0 Å². The van der Waals surface area contributed by atoms with E-state index in [1.807, 2.05) is 12.1 Å². The van der Waals surface area contributed by atoms with Gasteiger partial charge in [-0.15, -0.1) is 0 Å². The monoisotopic (exact) mass is 226 g/mol. The summed E-state index contributed by atoms with van der Waals surface area (Å²) in [4.78, 5) is 11.3. The summed E-state index contributed by atoms with van der Waals surface area (Å²) in [6, 6.07) is 7.30. The van der Waals surface area contributed by atoms with E-state index in [1.54, 1.807) is 19.1 Å². The lowest BCUT2D eigenvalue weighted by Gasteiger charge is -1.98. The first-order valence-corrected chi connectivity index (χ1v) is 5.17. The maximum Gasteiger partial charge on any atom is 0.338 e. The first-order valence-electron chi connectivity index (χ1n) is 4.80. The number of hydrogen-bond acceptors (Lipinski definition) is 3. The number of rotatable bonds is 3. The van der Waals surface area contributed by atoms with Crippen LogP contribution in [0, 0.1) is 0 Å². The molecule has 0 bridgehead atoms. The molecule has 1 heterocycles. The van der Waals surface area contributed by atoms with Gasteiger partial charge in [-0.05, 0) is 24.6 Å². The van der Waals surface area contributed by atoms with Crippen molar-refractivity contribution in [2.45, 2.75) is 19.1 Å². The van der Waals surface area contributed by atoms with Gasteiger partial charge in [-0.25, -0.2) is 4.79 Å². The first kappa shape index (κ1) is 10.5. The van der Waals surface area contributed by atoms with Crippen molar-refractivity contribution in [2.24, 2.45) is 0 Å². The lowest BCUT2D eigenvalue weighted by molar-refractivity contribution is -0.144. The number of halogens is 1. The quantitative estimate of drug-likeness (QED) is 0.587. The van der Waals surface area contributed by atoms with Crippen molar-refractivity contribution in [2.75, 3.05) is 6.61 Å². The third-order valence-corrected chi connectivity index (χ3v) is 2.42. The predicted molar refractivity (Wildman–Crippen MR) is 55.7 cm³/mol. The number of carbonyl (C=O) groups is 1. The van der Waals surface area contributed by atoms with Gasteiger partial charge in [0.25, 0.3) is 0 Å². The molecule has 1 saturated heterocycles. The molecule has 3 nitrogen and oxygen atoms in total. The van der Waals surface area contributed by atoms with E-state index in [2.05, 4.69) is 0 Å². The van der Waals surface area contributed by atoms with Gasteiger partial charge in [-0.2, -0.15) is 0 Å². The fourth-order valence-corrected chi connectivity index (χ4v) is 1.65. The van der Waals surface area contributed by atoms with Crippen LogP contribution in [-0.4, -0.2) is 18.7 Å². The summed E-state index contributed by atoms with van der Waals surface area (Å²) in [7, 11) is 0. The van der Waals surface area contributed by atoms with Gasteiger partial charge in [0.2, 0.25) is 0 Å². The number of epoxide rings is 1. The van der Waals surface area contributed by atoms with Crippen LogP contribution in [0.2, 0.25) is 5.02 Å². The van der Waals surface area contributed by atoms with Crippen LogP contribution in [0.15, 0.2) is 24.3 Å². The molecule has 0 aliphatic carbocycles. The average Bonchev–Trinajstić information content (AvgIpc) is 2.97. The Labute approximate surface area is 92.9 Å². The number of hydrogen-bond donors (Lipinski definition) is 0. The van der Waals surface area contributed by atoms with Crippen LogP contribution in [-0.2, 0) is 14.3 Å². The van der Waals surface area contributed by atoms with Crippen LogP contribution in [0.25, 0.3) is 0 Å². The number of benzene rings is 1. The Hall–Kier alpha value is -1.06. The molecule has 1 aliphatic heterocycles. The number of esters is 1. The van der Waals surface area contributed by atoms with Gasteiger partial charge in [0.15, 0.2) is 6.10 Å². The number of ether oxygens (including phenoxy) is 2. The molecule has 0 radical (unpaired) electrons. The molecule has 15 heavy (non-hydrogen) atoms. The highest BCUT2D eigenvalue weighted by molar-refractivity contribution is 6.30. The Balaban J connectivity index is 2.01. The van der Waals surface area contributed by atoms with Crippen molar-refractivity contribution in [3.63, 3.8) is 0 Å². The maximum absolute atomic E-state index is 11.3. The summed E-state index contributed by atoms with van der Waals surface area (Å²) in [6.07, 6.45) is -0.647. The minimum absolute atomic E-state index is 0.192. The van der Waals surface area contributed by atoms with Gasteiger partial charge in [0, 0.05) is 5.02 Å². The molecule has 1 aromatic carbocycles. The molecule has 0 aromatic heterocycles. The SMILES string of the molecule is CCOC(=O)C1OC1c1cccc(Cl)c1. The summed E-state index contributed by atoms with van der Waals surface area (Å²) in [5.41, 5.74) is 0.917. The van der Waals surface area contributed by atoms with E-state index in [0.717, 1.165) is 5.56 Å². The molecule has 1 aliphatic rings. The first-order chi connectivity index (χ1) is 7.22. The molecule has 0 amide bonds. The van der Waals surface area contributed by atoms with Gasteiger partial charge >= 0.3 is 5.97 Å². The zero-order chi connectivity index (χ0) is 10.8. The maximum atomic E-state index is 11.3. The van der Waals surface area contributed by atoms with Crippen LogP contribution >= 0.6 is 11.6 Å². The summed E-state index contributed by atoms with van der Waals surface area (Å²) >= 11 is 5.83. The van der Waals surface area contributed by atoms with E-state index in [0.29, 0.717) is 11.6 Å². The summed E-state index contributed by atoms with van der Waals surface area (Å²) in [6.45, 7) is 2.15. The Morgan fingerprint density at radius 1 is 1.60 bits per heavy atom. The molecule has 4 heteroatoms. The van der Waals surface area contributed by atoms with E-state index in [-0.39, 0.29) is 12.1 Å². The summed E-state index contributed by atoms with van der Waals surface area (Å²) in [5.74, 6) is -0.303. The Morgan fingerprint density at radius 3 is 3.07 bits per heavy atom. The van der Waals surface area contributed by atoms with Crippen molar-refractivity contribution in [1.29, 1.82) is 0 Å². The molecule has 2 rings (SSSR count). The average molecular weight is 227 g/mol. The second-order valence-corrected chi connectivity index (χ2v) is 3.72. The minimum atomic E-state index is -0.455. The zero-order valence-electron chi connectivity index (χ0n) is 8.27. The van der Waals surface area contributed by atoms with E-state index in [9.17, 15) is 4.79 Å². The highest BCUT2D eigenvalue weighted by atomic mass is 35.5. The molecule has 0 spiro atoms.